The largest absolute Gasteiger partial charge is 0.379 e. The number of rotatable bonds is 8. The predicted octanol–water partition coefficient (Wildman–Crippen LogP) is 3.08. The Morgan fingerprint density at radius 1 is 1.00 bits per heavy atom. The molecule has 182 valence electrons. The fourth-order valence-corrected chi connectivity index (χ4v) is 4.60. The number of piperidine rings is 1. The molecule has 0 spiro atoms. The molecule has 1 aromatic carbocycles. The summed E-state index contributed by atoms with van der Waals surface area (Å²) in [6.45, 7) is 6.97. The van der Waals surface area contributed by atoms with E-state index >= 15 is 0 Å². The predicted molar refractivity (Wildman–Crippen MR) is 131 cm³/mol. The van der Waals surface area contributed by atoms with E-state index in [1.165, 1.54) is 0 Å². The van der Waals surface area contributed by atoms with Gasteiger partial charge in [-0.05, 0) is 49.1 Å². The highest BCUT2D eigenvalue weighted by atomic mass is 16.5. The maximum absolute atomic E-state index is 13.5. The summed E-state index contributed by atoms with van der Waals surface area (Å²) in [7, 11) is 0. The molecule has 2 aromatic rings. The number of anilines is 1. The summed E-state index contributed by atoms with van der Waals surface area (Å²) in [4.78, 5) is 36.4. The third kappa shape index (κ3) is 7.01. The molecular weight excluding hydrogens is 430 g/mol. The smallest absolute Gasteiger partial charge is 0.321 e. The second kappa shape index (κ2) is 12.5. The molecule has 1 aromatic heterocycles. The number of aromatic nitrogens is 1. The number of nitrogens with zero attached hydrogens (tertiary/aromatic N) is 4. The lowest BCUT2D eigenvalue weighted by Gasteiger charge is -2.35. The Morgan fingerprint density at radius 3 is 2.41 bits per heavy atom. The zero-order chi connectivity index (χ0) is 23.6. The van der Waals surface area contributed by atoms with Gasteiger partial charge in [-0.1, -0.05) is 18.2 Å². The van der Waals surface area contributed by atoms with Crippen LogP contribution < -0.4 is 5.32 Å². The van der Waals surface area contributed by atoms with Crippen LogP contribution in [0.15, 0.2) is 54.9 Å². The zero-order valence-corrected chi connectivity index (χ0v) is 19.8. The first kappa shape index (κ1) is 24.2. The van der Waals surface area contributed by atoms with Crippen molar-refractivity contribution in [1.29, 1.82) is 0 Å². The lowest BCUT2D eigenvalue weighted by atomic mass is 9.95. The first-order valence-electron chi connectivity index (χ1n) is 12.3. The van der Waals surface area contributed by atoms with E-state index in [9.17, 15) is 9.59 Å². The monoisotopic (exact) mass is 465 g/mol. The fourth-order valence-electron chi connectivity index (χ4n) is 4.60. The van der Waals surface area contributed by atoms with Gasteiger partial charge in [-0.15, -0.1) is 0 Å². The van der Waals surface area contributed by atoms with Crippen LogP contribution >= 0.6 is 0 Å². The molecule has 2 fully saturated rings. The lowest BCUT2D eigenvalue weighted by molar-refractivity contribution is -0.137. The minimum atomic E-state index is -0.101. The molecule has 1 N–H and O–H groups in total. The number of morpholine rings is 1. The highest BCUT2D eigenvalue weighted by molar-refractivity contribution is 5.89. The zero-order valence-electron chi connectivity index (χ0n) is 19.8. The number of ether oxygens (including phenoxy) is 1. The van der Waals surface area contributed by atoms with Crippen LogP contribution in [0.5, 0.6) is 0 Å². The Bertz CT molecular complexity index is 897. The molecule has 8 heteroatoms. The Hall–Kier alpha value is -2.97. The molecule has 8 nitrogen and oxygen atoms in total. The van der Waals surface area contributed by atoms with Crippen molar-refractivity contribution in [1.82, 2.24) is 19.7 Å². The summed E-state index contributed by atoms with van der Waals surface area (Å²) in [6, 6.07) is 13.3. The van der Waals surface area contributed by atoms with E-state index in [2.05, 4.69) is 15.2 Å². The lowest BCUT2D eigenvalue weighted by Crippen LogP contribution is -2.46. The summed E-state index contributed by atoms with van der Waals surface area (Å²) in [5.74, 6) is 0.146. The van der Waals surface area contributed by atoms with Gasteiger partial charge in [-0.25, -0.2) is 4.79 Å². The molecule has 4 rings (SSSR count). The van der Waals surface area contributed by atoms with Gasteiger partial charge in [0.15, 0.2) is 0 Å². The number of nitrogens with one attached hydrogen (secondary N) is 1. The topological polar surface area (TPSA) is 78.0 Å². The molecule has 34 heavy (non-hydrogen) atoms. The second-order valence-electron chi connectivity index (χ2n) is 8.98. The summed E-state index contributed by atoms with van der Waals surface area (Å²) < 4.78 is 5.44. The molecule has 0 aliphatic carbocycles. The van der Waals surface area contributed by atoms with Crippen LogP contribution in [-0.2, 0) is 16.1 Å². The van der Waals surface area contributed by atoms with Crippen LogP contribution in [0.4, 0.5) is 10.5 Å². The molecule has 2 aliphatic rings. The highest BCUT2D eigenvalue weighted by Crippen LogP contribution is 2.22. The summed E-state index contributed by atoms with van der Waals surface area (Å²) in [5, 5.41) is 2.94. The average Bonchev–Trinajstić information content (AvgIpc) is 2.89. The summed E-state index contributed by atoms with van der Waals surface area (Å²) in [5.41, 5.74) is 1.88. The average molecular weight is 466 g/mol. The maximum Gasteiger partial charge on any atom is 0.321 e. The molecule has 0 bridgehead atoms. The third-order valence-electron chi connectivity index (χ3n) is 6.60. The third-order valence-corrected chi connectivity index (χ3v) is 6.60. The second-order valence-corrected chi connectivity index (χ2v) is 8.98. The Balaban J connectivity index is 1.30. The van der Waals surface area contributed by atoms with E-state index in [1.807, 2.05) is 52.3 Å². The van der Waals surface area contributed by atoms with Crippen LogP contribution in [0, 0.1) is 5.92 Å². The minimum Gasteiger partial charge on any atom is -0.379 e. The molecule has 0 saturated carbocycles. The molecule has 0 radical (unpaired) electrons. The number of hydrogen-bond acceptors (Lipinski definition) is 5. The normalized spacial score (nSPS) is 17.4. The Morgan fingerprint density at radius 2 is 1.71 bits per heavy atom. The van der Waals surface area contributed by atoms with Crippen molar-refractivity contribution >= 4 is 17.6 Å². The van der Waals surface area contributed by atoms with Crippen molar-refractivity contribution in [3.63, 3.8) is 0 Å². The van der Waals surface area contributed by atoms with Crippen LogP contribution in [-0.4, -0.2) is 84.1 Å². The van der Waals surface area contributed by atoms with Gasteiger partial charge < -0.3 is 19.9 Å². The van der Waals surface area contributed by atoms with Crippen molar-refractivity contribution in [2.45, 2.75) is 25.8 Å². The van der Waals surface area contributed by atoms with Gasteiger partial charge in [0, 0.05) is 69.8 Å². The van der Waals surface area contributed by atoms with Crippen molar-refractivity contribution in [2.75, 3.05) is 57.8 Å². The number of para-hydroxylation sites is 1. The van der Waals surface area contributed by atoms with Gasteiger partial charge in [-0.2, -0.15) is 0 Å². The molecule has 0 unspecified atom stereocenters. The van der Waals surface area contributed by atoms with E-state index in [0.717, 1.165) is 57.1 Å². The van der Waals surface area contributed by atoms with E-state index in [4.69, 9.17) is 4.74 Å². The van der Waals surface area contributed by atoms with Gasteiger partial charge >= 0.3 is 6.03 Å². The minimum absolute atomic E-state index is 0.0500. The van der Waals surface area contributed by atoms with Gasteiger partial charge in [0.25, 0.3) is 0 Å². The number of pyridine rings is 1. The number of amides is 3. The van der Waals surface area contributed by atoms with E-state index in [1.54, 1.807) is 12.4 Å². The van der Waals surface area contributed by atoms with Gasteiger partial charge in [-0.3, -0.25) is 14.7 Å². The molecule has 3 heterocycles. The summed E-state index contributed by atoms with van der Waals surface area (Å²) in [6.07, 6.45) is 5.87. The molecule has 2 aliphatic heterocycles. The van der Waals surface area contributed by atoms with Crippen LogP contribution in [0.3, 0.4) is 0 Å². The SMILES string of the molecule is O=C(Nc1ccccc1)N1CCC(C(=O)N(CCCN2CCOCC2)Cc2ccncc2)CC1. The standard InChI is InChI=1S/C26H35N5O3/c32-25(23-9-15-30(16-10-23)26(33)28-24-5-2-1-3-6-24)31(21-22-7-11-27-12-8-22)14-4-13-29-17-19-34-20-18-29/h1-3,5-8,11-12,23H,4,9-10,13-21H2,(H,28,33). The van der Waals surface area contributed by atoms with Gasteiger partial charge in [0.05, 0.1) is 13.2 Å². The number of hydrogen-bond donors (Lipinski definition) is 1. The number of urea groups is 1. The fraction of sp³-hybridized carbons (Fsp3) is 0.500. The number of carbonyl (C=O) groups is 2. The Kier molecular flexibility index (Phi) is 8.87. The van der Waals surface area contributed by atoms with Gasteiger partial charge in [0.1, 0.15) is 0 Å². The van der Waals surface area contributed by atoms with Crippen LogP contribution in [0.25, 0.3) is 0 Å². The number of carbonyl (C=O) groups excluding carboxylic acids is 2. The maximum atomic E-state index is 13.5. The quantitative estimate of drug-likeness (QED) is 0.648. The first-order chi connectivity index (χ1) is 16.7. The van der Waals surface area contributed by atoms with Crippen molar-refractivity contribution in [2.24, 2.45) is 5.92 Å². The molecule has 2 saturated heterocycles. The Labute approximate surface area is 201 Å². The van der Waals surface area contributed by atoms with Crippen molar-refractivity contribution in [3.8, 4) is 0 Å². The van der Waals surface area contributed by atoms with E-state index in [0.29, 0.717) is 32.5 Å². The van der Waals surface area contributed by atoms with Crippen molar-refractivity contribution in [3.05, 3.63) is 60.4 Å². The van der Waals surface area contributed by atoms with Crippen molar-refractivity contribution < 1.29 is 14.3 Å². The van der Waals surface area contributed by atoms with Crippen LogP contribution in [0.1, 0.15) is 24.8 Å². The molecular formula is C26H35N5O3. The first-order valence-corrected chi connectivity index (χ1v) is 12.3. The number of likely N-dealkylation sites (tertiary alicyclic amines) is 1. The van der Waals surface area contributed by atoms with E-state index in [-0.39, 0.29) is 17.9 Å². The molecule has 0 atom stereocenters. The van der Waals surface area contributed by atoms with Gasteiger partial charge in [0.2, 0.25) is 5.91 Å². The molecule has 3 amide bonds. The highest BCUT2D eigenvalue weighted by Gasteiger charge is 2.30. The van der Waals surface area contributed by atoms with E-state index < -0.39 is 0 Å². The number of benzene rings is 1. The summed E-state index contributed by atoms with van der Waals surface area (Å²) >= 11 is 0. The van der Waals surface area contributed by atoms with Crippen LogP contribution in [0.2, 0.25) is 0 Å².